The molecule has 3 rings (SSSR count). The summed E-state index contributed by atoms with van der Waals surface area (Å²) in [5, 5.41) is 13.5. The standard InChI is InChI=1S/C19H20N4O2S/c1-5-21-18-17-11(2)15(10-20)26-19(17)23-16(22-18)9-12-6-7-13(24-3)14(8-12)25-4/h6-8H,5,9H2,1-4H3,(H,21,22,23). The van der Waals surface area contributed by atoms with Gasteiger partial charge in [0, 0.05) is 13.0 Å². The molecule has 1 aromatic carbocycles. The Labute approximate surface area is 156 Å². The number of methoxy groups -OCH3 is 2. The summed E-state index contributed by atoms with van der Waals surface area (Å²) >= 11 is 1.41. The Morgan fingerprint density at radius 3 is 2.62 bits per heavy atom. The van der Waals surface area contributed by atoms with Gasteiger partial charge in [0.2, 0.25) is 0 Å². The second kappa shape index (κ2) is 7.58. The molecule has 2 heterocycles. The fraction of sp³-hybridized carbons (Fsp3) is 0.316. The van der Waals surface area contributed by atoms with Crippen molar-refractivity contribution in [2.24, 2.45) is 0 Å². The number of rotatable bonds is 6. The zero-order valence-corrected chi connectivity index (χ0v) is 16.0. The minimum Gasteiger partial charge on any atom is -0.493 e. The van der Waals surface area contributed by atoms with Crippen LogP contribution in [0.1, 0.15) is 28.8 Å². The molecule has 0 aliphatic rings. The highest BCUT2D eigenvalue weighted by Gasteiger charge is 2.16. The number of anilines is 1. The van der Waals surface area contributed by atoms with E-state index in [-0.39, 0.29) is 0 Å². The van der Waals surface area contributed by atoms with Crippen LogP contribution in [-0.2, 0) is 6.42 Å². The third kappa shape index (κ3) is 3.28. The summed E-state index contributed by atoms with van der Waals surface area (Å²) in [5.41, 5.74) is 1.96. The Balaban J connectivity index is 2.04. The van der Waals surface area contributed by atoms with Crippen LogP contribution in [0.25, 0.3) is 10.2 Å². The van der Waals surface area contributed by atoms with Gasteiger partial charge in [-0.1, -0.05) is 6.07 Å². The molecule has 3 aromatic rings. The first-order valence-electron chi connectivity index (χ1n) is 8.26. The molecule has 6 nitrogen and oxygen atoms in total. The number of ether oxygens (including phenoxy) is 2. The Bertz CT molecular complexity index is 991. The molecule has 0 saturated carbocycles. The van der Waals surface area contributed by atoms with Gasteiger partial charge in [-0.3, -0.25) is 0 Å². The van der Waals surface area contributed by atoms with Crippen molar-refractivity contribution in [1.29, 1.82) is 5.26 Å². The van der Waals surface area contributed by atoms with E-state index in [1.165, 1.54) is 11.3 Å². The van der Waals surface area contributed by atoms with Crippen LogP contribution in [0.5, 0.6) is 11.5 Å². The number of hydrogen-bond donors (Lipinski definition) is 1. The first-order chi connectivity index (χ1) is 12.6. The first kappa shape index (κ1) is 18.0. The van der Waals surface area contributed by atoms with Crippen LogP contribution >= 0.6 is 11.3 Å². The summed E-state index contributed by atoms with van der Waals surface area (Å²) in [6.45, 7) is 4.71. The Morgan fingerprint density at radius 1 is 1.19 bits per heavy atom. The largest absolute Gasteiger partial charge is 0.493 e. The number of nitrogens with one attached hydrogen (secondary N) is 1. The molecule has 1 N–H and O–H groups in total. The van der Waals surface area contributed by atoms with Crippen LogP contribution < -0.4 is 14.8 Å². The van der Waals surface area contributed by atoms with Gasteiger partial charge in [-0.05, 0) is 37.1 Å². The van der Waals surface area contributed by atoms with Gasteiger partial charge in [0.25, 0.3) is 0 Å². The van der Waals surface area contributed by atoms with Crippen LogP contribution in [0.4, 0.5) is 5.82 Å². The van der Waals surface area contributed by atoms with Gasteiger partial charge in [-0.15, -0.1) is 11.3 Å². The van der Waals surface area contributed by atoms with Gasteiger partial charge in [-0.25, -0.2) is 9.97 Å². The topological polar surface area (TPSA) is 80.1 Å². The maximum Gasteiger partial charge on any atom is 0.161 e. The highest BCUT2D eigenvalue weighted by atomic mass is 32.1. The number of thiophene rings is 1. The molecule has 0 unspecified atom stereocenters. The number of aryl methyl sites for hydroxylation is 1. The van der Waals surface area contributed by atoms with E-state index in [0.717, 1.165) is 33.7 Å². The molecule has 0 fully saturated rings. The van der Waals surface area contributed by atoms with Crippen molar-refractivity contribution in [3.8, 4) is 17.6 Å². The number of fused-ring (bicyclic) bond motifs is 1. The van der Waals surface area contributed by atoms with Gasteiger partial charge in [0.05, 0.1) is 19.6 Å². The monoisotopic (exact) mass is 368 g/mol. The summed E-state index contributed by atoms with van der Waals surface area (Å²) in [5.74, 6) is 2.85. The fourth-order valence-corrected chi connectivity index (χ4v) is 3.83. The molecule has 0 saturated heterocycles. The average Bonchev–Trinajstić information content (AvgIpc) is 2.97. The third-order valence-corrected chi connectivity index (χ3v) is 5.18. The van der Waals surface area contributed by atoms with Crippen molar-refractivity contribution in [3.05, 3.63) is 40.0 Å². The summed E-state index contributed by atoms with van der Waals surface area (Å²) in [6, 6.07) is 8.02. The van der Waals surface area contributed by atoms with E-state index in [1.54, 1.807) is 14.2 Å². The summed E-state index contributed by atoms with van der Waals surface area (Å²) in [7, 11) is 3.23. The van der Waals surface area contributed by atoms with Crippen molar-refractivity contribution in [1.82, 2.24) is 9.97 Å². The van der Waals surface area contributed by atoms with Crippen LogP contribution in [0.2, 0.25) is 0 Å². The molecular weight excluding hydrogens is 348 g/mol. The second-order valence-electron chi connectivity index (χ2n) is 5.73. The van der Waals surface area contributed by atoms with Crippen molar-refractivity contribution in [3.63, 3.8) is 0 Å². The fourth-order valence-electron chi connectivity index (χ4n) is 2.84. The lowest BCUT2D eigenvalue weighted by Gasteiger charge is -2.10. The predicted molar refractivity (Wildman–Crippen MR) is 103 cm³/mol. The number of benzene rings is 1. The maximum absolute atomic E-state index is 9.32. The Morgan fingerprint density at radius 2 is 1.96 bits per heavy atom. The van der Waals surface area contributed by atoms with Crippen LogP contribution in [0, 0.1) is 18.3 Å². The third-order valence-electron chi connectivity index (χ3n) is 4.09. The molecule has 134 valence electrons. The molecule has 0 spiro atoms. The van der Waals surface area contributed by atoms with E-state index in [0.29, 0.717) is 28.6 Å². The number of aromatic nitrogens is 2. The van der Waals surface area contributed by atoms with Crippen LogP contribution in [0.3, 0.4) is 0 Å². The molecule has 0 radical (unpaired) electrons. The van der Waals surface area contributed by atoms with E-state index in [2.05, 4.69) is 16.4 Å². The quantitative estimate of drug-likeness (QED) is 0.710. The lowest BCUT2D eigenvalue weighted by Crippen LogP contribution is -2.05. The SMILES string of the molecule is CCNc1nc(Cc2ccc(OC)c(OC)c2)nc2sc(C#N)c(C)c12. The smallest absolute Gasteiger partial charge is 0.161 e. The molecule has 0 amide bonds. The van der Waals surface area contributed by atoms with E-state index >= 15 is 0 Å². The van der Waals surface area contributed by atoms with Gasteiger partial charge in [0.1, 0.15) is 27.4 Å². The molecule has 0 aliphatic heterocycles. The molecule has 7 heteroatoms. The van der Waals surface area contributed by atoms with Crippen molar-refractivity contribution < 1.29 is 9.47 Å². The van der Waals surface area contributed by atoms with Crippen LogP contribution in [0.15, 0.2) is 18.2 Å². The molecule has 2 aromatic heterocycles. The van der Waals surface area contributed by atoms with Crippen molar-refractivity contribution in [2.45, 2.75) is 20.3 Å². The zero-order valence-electron chi connectivity index (χ0n) is 15.2. The highest BCUT2D eigenvalue weighted by Crippen LogP contribution is 2.34. The van der Waals surface area contributed by atoms with Crippen molar-refractivity contribution >= 4 is 27.4 Å². The molecule has 0 atom stereocenters. The summed E-state index contributed by atoms with van der Waals surface area (Å²) in [4.78, 5) is 10.9. The number of hydrogen-bond acceptors (Lipinski definition) is 7. The lowest BCUT2D eigenvalue weighted by molar-refractivity contribution is 0.354. The molecule has 26 heavy (non-hydrogen) atoms. The van der Waals surface area contributed by atoms with E-state index in [9.17, 15) is 5.26 Å². The average molecular weight is 368 g/mol. The van der Waals surface area contributed by atoms with Gasteiger partial charge < -0.3 is 14.8 Å². The summed E-state index contributed by atoms with van der Waals surface area (Å²) < 4.78 is 10.7. The maximum atomic E-state index is 9.32. The Kier molecular flexibility index (Phi) is 5.24. The van der Waals surface area contributed by atoms with Crippen LogP contribution in [-0.4, -0.2) is 30.7 Å². The minimum absolute atomic E-state index is 0.563. The number of nitriles is 1. The lowest BCUT2D eigenvalue weighted by atomic mass is 10.1. The van der Waals surface area contributed by atoms with E-state index in [1.807, 2.05) is 32.0 Å². The molecular formula is C19H20N4O2S. The zero-order chi connectivity index (χ0) is 18.7. The van der Waals surface area contributed by atoms with E-state index < -0.39 is 0 Å². The minimum atomic E-state index is 0.563. The van der Waals surface area contributed by atoms with E-state index in [4.69, 9.17) is 14.5 Å². The highest BCUT2D eigenvalue weighted by molar-refractivity contribution is 7.19. The number of nitrogens with zero attached hydrogens (tertiary/aromatic N) is 3. The normalized spacial score (nSPS) is 10.6. The predicted octanol–water partition coefficient (Wildman–Crippen LogP) is 3.91. The van der Waals surface area contributed by atoms with Gasteiger partial charge in [0.15, 0.2) is 11.5 Å². The van der Waals surface area contributed by atoms with Gasteiger partial charge in [-0.2, -0.15) is 5.26 Å². The summed E-state index contributed by atoms with van der Waals surface area (Å²) in [6.07, 6.45) is 0.563. The van der Waals surface area contributed by atoms with Crippen molar-refractivity contribution in [2.75, 3.05) is 26.1 Å². The van der Waals surface area contributed by atoms with Gasteiger partial charge >= 0.3 is 0 Å². The molecule has 0 bridgehead atoms. The first-order valence-corrected chi connectivity index (χ1v) is 9.07. The Hall–Kier alpha value is -2.85. The molecule has 0 aliphatic carbocycles. The second-order valence-corrected chi connectivity index (χ2v) is 6.73.